The Kier molecular flexibility index (Phi) is 2.84. The lowest BCUT2D eigenvalue weighted by Crippen LogP contribution is -2.25. The molecule has 0 fully saturated rings. The van der Waals surface area contributed by atoms with E-state index in [1.165, 1.54) is 33.3 Å². The third-order valence-corrected chi connectivity index (χ3v) is 3.86. The van der Waals surface area contributed by atoms with E-state index in [2.05, 4.69) is 20.5 Å². The third kappa shape index (κ3) is 2.13. The summed E-state index contributed by atoms with van der Waals surface area (Å²) in [6, 6.07) is 0. The molecule has 3 aromatic heterocycles. The molecule has 0 saturated carbocycles. The Bertz CT molecular complexity index is 819. The van der Waals surface area contributed by atoms with E-state index in [-0.39, 0.29) is 5.56 Å². The topological polar surface area (TPSA) is 89.2 Å². The van der Waals surface area contributed by atoms with Crippen LogP contribution in [0.5, 0.6) is 0 Å². The van der Waals surface area contributed by atoms with Gasteiger partial charge in [-0.15, -0.1) is 21.5 Å². The van der Waals surface area contributed by atoms with E-state index in [0.717, 1.165) is 5.01 Å². The van der Waals surface area contributed by atoms with Gasteiger partial charge in [-0.05, 0) is 6.92 Å². The van der Waals surface area contributed by atoms with Gasteiger partial charge in [0.05, 0.1) is 0 Å². The number of carbonyl (C=O) groups is 1. The quantitative estimate of drug-likeness (QED) is 0.766. The van der Waals surface area contributed by atoms with Gasteiger partial charge in [0.1, 0.15) is 10.6 Å². The molecule has 0 aliphatic carbocycles. The molecule has 0 spiro atoms. The number of carbonyl (C=O) groups excluding carboxylic acids is 1. The van der Waals surface area contributed by atoms with Gasteiger partial charge in [0.15, 0.2) is 4.96 Å². The number of aromatic nitrogens is 4. The Labute approximate surface area is 114 Å². The molecule has 0 bridgehead atoms. The summed E-state index contributed by atoms with van der Waals surface area (Å²) >= 11 is 2.57. The molecule has 0 aromatic carbocycles. The Morgan fingerprint density at radius 3 is 3.00 bits per heavy atom. The van der Waals surface area contributed by atoms with Crippen molar-refractivity contribution in [2.24, 2.45) is 0 Å². The normalized spacial score (nSPS) is 10.8. The highest BCUT2D eigenvalue weighted by Gasteiger charge is 2.15. The number of nitrogens with zero attached hydrogens (tertiary/aromatic N) is 4. The first-order valence-corrected chi connectivity index (χ1v) is 6.91. The molecular weight excluding hydrogens is 286 g/mol. The van der Waals surface area contributed by atoms with Gasteiger partial charge < -0.3 is 0 Å². The molecule has 3 aromatic rings. The van der Waals surface area contributed by atoms with Crippen LogP contribution in [-0.2, 0) is 0 Å². The number of amides is 1. The Morgan fingerprint density at radius 2 is 2.26 bits per heavy atom. The maximum Gasteiger partial charge on any atom is 0.271 e. The van der Waals surface area contributed by atoms with Crippen LogP contribution in [0.3, 0.4) is 0 Å². The van der Waals surface area contributed by atoms with Crippen LogP contribution in [0.25, 0.3) is 4.96 Å². The highest BCUT2D eigenvalue weighted by molar-refractivity contribution is 7.15. The number of anilines is 1. The summed E-state index contributed by atoms with van der Waals surface area (Å²) in [5, 5.41) is 12.9. The summed E-state index contributed by atoms with van der Waals surface area (Å²) in [6.07, 6.45) is 2.86. The molecule has 0 unspecified atom stereocenters. The lowest BCUT2D eigenvalue weighted by atomic mass is 10.3. The van der Waals surface area contributed by atoms with E-state index in [1.54, 1.807) is 18.5 Å². The number of rotatable bonds is 2. The fourth-order valence-corrected chi connectivity index (χ4v) is 2.75. The largest absolute Gasteiger partial charge is 0.296 e. The van der Waals surface area contributed by atoms with Gasteiger partial charge in [-0.25, -0.2) is 4.98 Å². The van der Waals surface area contributed by atoms with E-state index in [0.29, 0.717) is 10.1 Å². The number of nitrogens with one attached hydrogen (secondary N) is 1. The second-order valence-corrected chi connectivity index (χ2v) is 5.67. The summed E-state index contributed by atoms with van der Waals surface area (Å²) in [4.78, 5) is 28.7. The smallest absolute Gasteiger partial charge is 0.271 e. The fourth-order valence-electron chi connectivity index (χ4n) is 1.49. The molecule has 0 saturated heterocycles. The molecule has 3 rings (SSSR count). The second kappa shape index (κ2) is 4.52. The molecular formula is C10H7N5O2S2. The van der Waals surface area contributed by atoms with Gasteiger partial charge in [0, 0.05) is 17.8 Å². The van der Waals surface area contributed by atoms with Crippen molar-refractivity contribution in [3.63, 3.8) is 0 Å². The van der Waals surface area contributed by atoms with Crippen LogP contribution in [0, 0.1) is 6.92 Å². The fraction of sp³-hybridized carbons (Fsp3) is 0.100. The maximum atomic E-state index is 12.1. The molecule has 0 atom stereocenters. The third-order valence-electron chi connectivity index (χ3n) is 2.33. The molecule has 19 heavy (non-hydrogen) atoms. The average molecular weight is 293 g/mol. The number of hydrogen-bond donors (Lipinski definition) is 1. The van der Waals surface area contributed by atoms with Gasteiger partial charge in [-0.1, -0.05) is 11.3 Å². The van der Waals surface area contributed by atoms with E-state index < -0.39 is 11.5 Å². The van der Waals surface area contributed by atoms with Crippen molar-refractivity contribution in [3.05, 3.63) is 38.7 Å². The minimum atomic E-state index is -0.533. The summed E-state index contributed by atoms with van der Waals surface area (Å²) < 4.78 is 1.34. The van der Waals surface area contributed by atoms with E-state index in [4.69, 9.17) is 0 Å². The Balaban J connectivity index is 1.97. The zero-order chi connectivity index (χ0) is 13.4. The van der Waals surface area contributed by atoms with Crippen LogP contribution in [-0.4, -0.2) is 25.5 Å². The van der Waals surface area contributed by atoms with E-state index in [1.807, 2.05) is 0 Å². The molecule has 0 aliphatic heterocycles. The number of hydrogen-bond acceptors (Lipinski definition) is 7. The molecule has 9 heteroatoms. The lowest BCUT2D eigenvalue weighted by Gasteiger charge is -2.00. The van der Waals surface area contributed by atoms with Crippen LogP contribution in [0.15, 0.2) is 22.6 Å². The minimum Gasteiger partial charge on any atom is -0.296 e. The van der Waals surface area contributed by atoms with Crippen molar-refractivity contribution in [1.82, 2.24) is 19.6 Å². The van der Waals surface area contributed by atoms with Crippen LogP contribution in [0.1, 0.15) is 15.4 Å². The summed E-state index contributed by atoms with van der Waals surface area (Å²) in [6.45, 7) is 1.78. The number of thiazole rings is 1. The average Bonchev–Trinajstić information content (AvgIpc) is 2.99. The van der Waals surface area contributed by atoms with Gasteiger partial charge in [-0.2, -0.15) is 0 Å². The highest BCUT2D eigenvalue weighted by Crippen LogP contribution is 2.14. The van der Waals surface area contributed by atoms with Crippen LogP contribution < -0.4 is 10.9 Å². The molecule has 3 heterocycles. The SMILES string of the molecule is Cc1nnc(NC(=O)c2cnc3sccn3c2=O)s1. The van der Waals surface area contributed by atoms with Crippen LogP contribution >= 0.6 is 22.7 Å². The Morgan fingerprint density at radius 1 is 1.42 bits per heavy atom. The predicted molar refractivity (Wildman–Crippen MR) is 71.9 cm³/mol. The molecule has 7 nitrogen and oxygen atoms in total. The minimum absolute atomic E-state index is 0.0243. The molecule has 1 N–H and O–H groups in total. The highest BCUT2D eigenvalue weighted by atomic mass is 32.1. The second-order valence-electron chi connectivity index (χ2n) is 3.61. The summed E-state index contributed by atoms with van der Waals surface area (Å²) in [7, 11) is 0. The van der Waals surface area contributed by atoms with Gasteiger partial charge in [-0.3, -0.25) is 19.3 Å². The number of fused-ring (bicyclic) bond motifs is 1. The van der Waals surface area contributed by atoms with Crippen LogP contribution in [0.2, 0.25) is 0 Å². The van der Waals surface area contributed by atoms with Crippen molar-refractivity contribution in [2.45, 2.75) is 6.92 Å². The van der Waals surface area contributed by atoms with Crippen LogP contribution in [0.4, 0.5) is 5.13 Å². The number of aryl methyl sites for hydroxylation is 1. The summed E-state index contributed by atoms with van der Waals surface area (Å²) in [5.74, 6) is -0.533. The first kappa shape index (κ1) is 11.9. The van der Waals surface area contributed by atoms with E-state index >= 15 is 0 Å². The van der Waals surface area contributed by atoms with Crippen molar-refractivity contribution < 1.29 is 4.79 Å². The Hall–Kier alpha value is -2.13. The molecule has 96 valence electrons. The molecule has 0 radical (unpaired) electrons. The first-order valence-electron chi connectivity index (χ1n) is 5.21. The monoisotopic (exact) mass is 293 g/mol. The van der Waals surface area contributed by atoms with Crippen molar-refractivity contribution in [1.29, 1.82) is 0 Å². The van der Waals surface area contributed by atoms with Gasteiger partial charge in [0.25, 0.3) is 11.5 Å². The predicted octanol–water partition coefficient (Wildman–Crippen LogP) is 1.17. The van der Waals surface area contributed by atoms with Gasteiger partial charge in [0.2, 0.25) is 5.13 Å². The lowest BCUT2D eigenvalue weighted by molar-refractivity contribution is 0.102. The maximum absolute atomic E-state index is 12.1. The zero-order valence-electron chi connectivity index (χ0n) is 9.65. The van der Waals surface area contributed by atoms with Crippen molar-refractivity contribution in [3.8, 4) is 0 Å². The standard InChI is InChI=1S/C10H7N5O2S2/c1-5-13-14-9(19-5)12-7(16)6-4-11-10-15(8(6)17)2-3-18-10/h2-4H,1H3,(H,12,14,16). The zero-order valence-corrected chi connectivity index (χ0v) is 11.3. The van der Waals surface area contributed by atoms with E-state index in [9.17, 15) is 9.59 Å². The summed E-state index contributed by atoms with van der Waals surface area (Å²) in [5.41, 5.74) is -0.422. The van der Waals surface area contributed by atoms with Crippen molar-refractivity contribution in [2.75, 3.05) is 5.32 Å². The molecule has 0 aliphatic rings. The van der Waals surface area contributed by atoms with Crippen molar-refractivity contribution >= 4 is 38.7 Å². The first-order chi connectivity index (χ1) is 9.15. The van der Waals surface area contributed by atoms with Gasteiger partial charge >= 0.3 is 0 Å². The molecule has 1 amide bonds.